The Kier molecular flexibility index (Phi) is 8.41. The number of hydrogen-bond donors (Lipinski definition) is 1. The van der Waals surface area contributed by atoms with Crippen LogP contribution in [-0.4, -0.2) is 47.7 Å². The lowest BCUT2D eigenvalue weighted by Crippen LogP contribution is -2.63. The molecule has 1 saturated heterocycles. The minimum Gasteiger partial charge on any atom is -0.374 e. The average Bonchev–Trinajstić information content (AvgIpc) is 2.89. The van der Waals surface area contributed by atoms with Crippen molar-refractivity contribution in [1.29, 1.82) is 0 Å². The molecule has 0 radical (unpaired) electrons. The van der Waals surface area contributed by atoms with E-state index in [1.54, 1.807) is 0 Å². The van der Waals surface area contributed by atoms with Crippen molar-refractivity contribution in [2.24, 2.45) is 0 Å². The molecule has 2 amide bonds. The number of carbonyl (C=O) groups is 3. The Morgan fingerprint density at radius 2 is 1.43 bits per heavy atom. The van der Waals surface area contributed by atoms with Crippen molar-refractivity contribution >= 4 is 17.6 Å². The second kappa shape index (κ2) is 12.1. The number of aryl methyl sites for hydroxylation is 1. The van der Waals surface area contributed by atoms with Crippen LogP contribution in [0.4, 0.5) is 0 Å². The minimum atomic E-state index is -0.820. The molecule has 1 fully saturated rings. The molecular formula is C29H30N2O4. The average molecular weight is 471 g/mol. The Morgan fingerprint density at radius 3 is 2.06 bits per heavy atom. The molecular weight excluding hydrogens is 440 g/mol. The van der Waals surface area contributed by atoms with Gasteiger partial charge in [-0.2, -0.15) is 0 Å². The molecule has 35 heavy (non-hydrogen) atoms. The molecule has 2 atom stereocenters. The molecule has 6 heteroatoms. The lowest BCUT2D eigenvalue weighted by molar-refractivity contribution is -0.151. The number of hydrogen-bond acceptors (Lipinski definition) is 4. The number of benzene rings is 3. The van der Waals surface area contributed by atoms with Gasteiger partial charge in [-0.25, -0.2) is 0 Å². The zero-order valence-corrected chi connectivity index (χ0v) is 19.6. The van der Waals surface area contributed by atoms with Crippen LogP contribution in [0.25, 0.3) is 0 Å². The van der Waals surface area contributed by atoms with E-state index in [0.29, 0.717) is 19.4 Å². The Hall–Kier alpha value is -3.77. The Balaban J connectivity index is 1.48. The first-order valence-electron chi connectivity index (χ1n) is 11.9. The van der Waals surface area contributed by atoms with E-state index in [-0.39, 0.29) is 37.2 Å². The van der Waals surface area contributed by atoms with Crippen LogP contribution in [0.3, 0.4) is 0 Å². The van der Waals surface area contributed by atoms with Gasteiger partial charge in [-0.05, 0) is 23.1 Å². The van der Waals surface area contributed by atoms with E-state index < -0.39 is 12.1 Å². The van der Waals surface area contributed by atoms with Gasteiger partial charge in [0.05, 0.1) is 13.2 Å². The molecule has 3 aromatic carbocycles. The van der Waals surface area contributed by atoms with Crippen molar-refractivity contribution in [3.05, 3.63) is 108 Å². The van der Waals surface area contributed by atoms with Crippen molar-refractivity contribution < 1.29 is 19.1 Å². The molecule has 1 aliphatic rings. The monoisotopic (exact) mass is 470 g/mol. The van der Waals surface area contributed by atoms with Gasteiger partial charge < -0.3 is 15.0 Å². The third-order valence-corrected chi connectivity index (χ3v) is 6.15. The van der Waals surface area contributed by atoms with Crippen LogP contribution in [0, 0.1) is 0 Å². The first-order chi connectivity index (χ1) is 17.1. The SMILES string of the molecule is O=C1CN(C(COCc2ccccc2)C(=O)CCc2ccccc2)C(=O)[C@H](Cc2ccccc2)N1. The molecule has 0 saturated carbocycles. The van der Waals surface area contributed by atoms with E-state index >= 15 is 0 Å². The summed E-state index contributed by atoms with van der Waals surface area (Å²) < 4.78 is 5.90. The van der Waals surface area contributed by atoms with Gasteiger partial charge >= 0.3 is 0 Å². The third-order valence-electron chi connectivity index (χ3n) is 6.15. The number of ether oxygens (including phenoxy) is 1. The molecule has 0 aliphatic carbocycles. The van der Waals surface area contributed by atoms with E-state index in [1.807, 2.05) is 91.0 Å². The van der Waals surface area contributed by atoms with Gasteiger partial charge in [0.25, 0.3) is 0 Å². The van der Waals surface area contributed by atoms with E-state index in [0.717, 1.165) is 16.7 Å². The van der Waals surface area contributed by atoms with Gasteiger partial charge in [0.1, 0.15) is 18.6 Å². The summed E-state index contributed by atoms with van der Waals surface area (Å²) in [5.74, 6) is -0.632. The number of nitrogens with one attached hydrogen (secondary N) is 1. The predicted octanol–water partition coefficient (Wildman–Crippen LogP) is 3.34. The number of amides is 2. The topological polar surface area (TPSA) is 75.7 Å². The van der Waals surface area contributed by atoms with Crippen LogP contribution in [-0.2, 0) is 38.6 Å². The maximum absolute atomic E-state index is 13.4. The first-order valence-corrected chi connectivity index (χ1v) is 11.9. The number of Topliss-reactive ketones (excluding diaryl/α,β-unsaturated/α-hetero) is 1. The summed E-state index contributed by atoms with van der Waals surface area (Å²) in [6.07, 6.45) is 1.20. The van der Waals surface area contributed by atoms with Crippen LogP contribution < -0.4 is 5.32 Å². The van der Waals surface area contributed by atoms with Gasteiger partial charge in [0.2, 0.25) is 11.8 Å². The molecule has 3 aromatic rings. The maximum atomic E-state index is 13.4. The van der Waals surface area contributed by atoms with Crippen molar-refractivity contribution in [2.45, 2.75) is 38.0 Å². The smallest absolute Gasteiger partial charge is 0.246 e. The van der Waals surface area contributed by atoms with E-state index in [1.165, 1.54) is 4.90 Å². The second-order valence-corrected chi connectivity index (χ2v) is 8.74. The molecule has 1 aliphatic heterocycles. The summed E-state index contributed by atoms with van der Waals surface area (Å²) >= 11 is 0. The molecule has 0 spiro atoms. The summed E-state index contributed by atoms with van der Waals surface area (Å²) in [6.45, 7) is 0.213. The zero-order valence-electron chi connectivity index (χ0n) is 19.6. The van der Waals surface area contributed by atoms with Gasteiger partial charge in [-0.1, -0.05) is 91.0 Å². The first kappa shape index (κ1) is 24.4. The Morgan fingerprint density at radius 1 is 0.857 bits per heavy atom. The van der Waals surface area contributed by atoms with E-state index in [4.69, 9.17) is 4.74 Å². The van der Waals surface area contributed by atoms with E-state index in [2.05, 4.69) is 5.32 Å². The van der Waals surface area contributed by atoms with E-state index in [9.17, 15) is 14.4 Å². The molecule has 4 rings (SSSR count). The summed E-state index contributed by atoms with van der Waals surface area (Å²) in [4.78, 5) is 40.8. The Labute approximate surface area is 205 Å². The van der Waals surface area contributed by atoms with Crippen LogP contribution in [0.15, 0.2) is 91.0 Å². The van der Waals surface area contributed by atoms with Crippen molar-refractivity contribution in [3.8, 4) is 0 Å². The predicted molar refractivity (Wildman–Crippen MR) is 133 cm³/mol. The number of nitrogens with zero attached hydrogens (tertiary/aromatic N) is 1. The molecule has 1 heterocycles. The normalized spacial score (nSPS) is 16.6. The summed E-state index contributed by atoms with van der Waals surface area (Å²) in [6, 6.07) is 27.4. The fraction of sp³-hybridized carbons (Fsp3) is 0.276. The second-order valence-electron chi connectivity index (χ2n) is 8.74. The number of rotatable bonds is 11. The number of ketones is 1. The van der Waals surface area contributed by atoms with Crippen molar-refractivity contribution in [1.82, 2.24) is 10.2 Å². The highest BCUT2D eigenvalue weighted by atomic mass is 16.5. The minimum absolute atomic E-state index is 0.0413. The highest BCUT2D eigenvalue weighted by Gasteiger charge is 2.39. The Bertz CT molecular complexity index is 1120. The lowest BCUT2D eigenvalue weighted by atomic mass is 9.98. The number of piperazine rings is 1. The molecule has 0 aromatic heterocycles. The number of carbonyl (C=O) groups excluding carboxylic acids is 3. The van der Waals surface area contributed by atoms with Crippen molar-refractivity contribution in [3.63, 3.8) is 0 Å². The lowest BCUT2D eigenvalue weighted by Gasteiger charge is -2.37. The van der Waals surface area contributed by atoms with Crippen LogP contribution in [0.2, 0.25) is 0 Å². The molecule has 0 bridgehead atoms. The van der Waals surface area contributed by atoms with Gasteiger partial charge in [-0.15, -0.1) is 0 Å². The highest BCUT2D eigenvalue weighted by Crippen LogP contribution is 2.16. The van der Waals surface area contributed by atoms with Crippen LogP contribution in [0.5, 0.6) is 0 Å². The van der Waals surface area contributed by atoms with Crippen LogP contribution in [0.1, 0.15) is 23.1 Å². The quantitative estimate of drug-likeness (QED) is 0.466. The zero-order chi connectivity index (χ0) is 24.5. The highest BCUT2D eigenvalue weighted by molar-refractivity contribution is 5.98. The fourth-order valence-electron chi connectivity index (χ4n) is 4.28. The molecule has 180 valence electrons. The van der Waals surface area contributed by atoms with Gasteiger partial charge in [0.15, 0.2) is 5.78 Å². The summed E-state index contributed by atoms with van der Waals surface area (Å²) in [5, 5.41) is 2.80. The molecule has 1 unspecified atom stereocenters. The van der Waals surface area contributed by atoms with Crippen molar-refractivity contribution in [2.75, 3.05) is 13.2 Å². The fourth-order valence-corrected chi connectivity index (χ4v) is 4.28. The maximum Gasteiger partial charge on any atom is 0.246 e. The molecule has 1 N–H and O–H groups in total. The summed E-state index contributed by atoms with van der Waals surface area (Å²) in [5.41, 5.74) is 2.97. The van der Waals surface area contributed by atoms with Gasteiger partial charge in [0, 0.05) is 12.8 Å². The van der Waals surface area contributed by atoms with Gasteiger partial charge in [-0.3, -0.25) is 14.4 Å². The third kappa shape index (κ3) is 6.87. The van der Waals surface area contributed by atoms with Crippen LogP contribution >= 0.6 is 0 Å². The largest absolute Gasteiger partial charge is 0.374 e. The summed E-state index contributed by atoms with van der Waals surface area (Å²) in [7, 11) is 0. The standard InChI is InChI=1S/C29H30N2O4/c32-27(17-16-22-10-4-1-5-11-22)26(21-35-20-24-14-8-3-9-15-24)31-19-28(33)30-25(29(31)34)18-23-12-6-2-7-13-23/h1-15,25-26H,16-21H2,(H,30,33)/t25-,26?/m0/s1. The molecule has 6 nitrogen and oxygen atoms in total.